The molecule has 6 nitrogen and oxygen atoms in total. The summed E-state index contributed by atoms with van der Waals surface area (Å²) in [5.41, 5.74) is 0. The highest BCUT2D eigenvalue weighted by atomic mass is 16.3. The van der Waals surface area contributed by atoms with E-state index in [2.05, 4.69) is 22.2 Å². The van der Waals surface area contributed by atoms with Crippen LogP contribution in [0.15, 0.2) is 12.3 Å². The van der Waals surface area contributed by atoms with Crippen LogP contribution < -0.4 is 5.32 Å². The maximum Gasteiger partial charge on any atom is 0.239 e. The number of likely N-dealkylation sites (N-methyl/N-ethyl adjacent to an activating group) is 1. The Morgan fingerprint density at radius 2 is 2.08 bits per heavy atom. The molecule has 1 aromatic heterocycles. The fourth-order valence-electron chi connectivity index (χ4n) is 3.82. The zero-order chi connectivity index (χ0) is 17.1. The lowest BCUT2D eigenvalue weighted by atomic mass is 9.86. The van der Waals surface area contributed by atoms with Crippen molar-refractivity contribution in [1.82, 2.24) is 14.7 Å². The highest BCUT2D eigenvalue weighted by Crippen LogP contribution is 2.40. The molecular formula is C18H30N4O2. The van der Waals surface area contributed by atoms with Gasteiger partial charge < -0.3 is 10.4 Å². The van der Waals surface area contributed by atoms with Crippen molar-refractivity contribution < 1.29 is 9.90 Å². The van der Waals surface area contributed by atoms with E-state index in [0.29, 0.717) is 37.1 Å². The summed E-state index contributed by atoms with van der Waals surface area (Å²) in [7, 11) is 2.02. The molecule has 0 spiro atoms. The molecule has 2 aliphatic carbocycles. The molecular weight excluding hydrogens is 304 g/mol. The Morgan fingerprint density at radius 1 is 1.38 bits per heavy atom. The third-order valence-electron chi connectivity index (χ3n) is 5.72. The number of carbonyl (C=O) groups excluding carboxylic acids is 1. The average molecular weight is 334 g/mol. The van der Waals surface area contributed by atoms with Gasteiger partial charge in [0.1, 0.15) is 5.82 Å². The predicted molar refractivity (Wildman–Crippen MR) is 93.8 cm³/mol. The van der Waals surface area contributed by atoms with Gasteiger partial charge in [0.05, 0.1) is 18.8 Å². The Balaban J connectivity index is 1.50. The second-order valence-corrected chi connectivity index (χ2v) is 7.56. The molecule has 6 heteroatoms. The van der Waals surface area contributed by atoms with Gasteiger partial charge in [0, 0.05) is 18.7 Å². The monoisotopic (exact) mass is 334 g/mol. The van der Waals surface area contributed by atoms with E-state index in [1.54, 1.807) is 6.20 Å². The van der Waals surface area contributed by atoms with Gasteiger partial charge in [-0.2, -0.15) is 5.10 Å². The molecule has 0 aliphatic heterocycles. The van der Waals surface area contributed by atoms with Crippen LogP contribution in [0.2, 0.25) is 0 Å². The van der Waals surface area contributed by atoms with Crippen molar-refractivity contribution in [1.29, 1.82) is 0 Å². The van der Waals surface area contributed by atoms with E-state index < -0.39 is 0 Å². The lowest BCUT2D eigenvalue weighted by molar-refractivity contribution is -0.117. The summed E-state index contributed by atoms with van der Waals surface area (Å²) in [5.74, 6) is 1.97. The van der Waals surface area contributed by atoms with Crippen molar-refractivity contribution in [2.75, 3.05) is 25.5 Å². The molecule has 1 atom stereocenters. The summed E-state index contributed by atoms with van der Waals surface area (Å²) in [6.07, 6.45) is 8.50. The molecule has 0 radical (unpaired) electrons. The van der Waals surface area contributed by atoms with Crippen molar-refractivity contribution in [3.63, 3.8) is 0 Å². The largest absolute Gasteiger partial charge is 0.396 e. The van der Waals surface area contributed by atoms with Crippen LogP contribution in [-0.4, -0.2) is 51.9 Å². The minimum atomic E-state index is 0.0199. The highest BCUT2D eigenvalue weighted by Gasteiger charge is 2.31. The maximum absolute atomic E-state index is 12.4. The summed E-state index contributed by atoms with van der Waals surface area (Å²) < 4.78 is 1.95. The Labute approximate surface area is 144 Å². The van der Waals surface area contributed by atoms with E-state index in [9.17, 15) is 9.90 Å². The zero-order valence-electron chi connectivity index (χ0n) is 14.8. The minimum Gasteiger partial charge on any atom is -0.396 e. The molecule has 0 aromatic carbocycles. The van der Waals surface area contributed by atoms with Crippen LogP contribution in [0, 0.1) is 11.8 Å². The second-order valence-electron chi connectivity index (χ2n) is 7.56. The molecule has 0 bridgehead atoms. The summed E-state index contributed by atoms with van der Waals surface area (Å²) in [5, 5.41) is 16.6. The van der Waals surface area contributed by atoms with Gasteiger partial charge in [0.15, 0.2) is 0 Å². The van der Waals surface area contributed by atoms with Gasteiger partial charge in [-0.1, -0.05) is 0 Å². The lowest BCUT2D eigenvalue weighted by Crippen LogP contribution is -2.40. The lowest BCUT2D eigenvalue weighted by Gasteiger charge is -2.33. The number of aliphatic hydroxyl groups is 1. The number of aromatic nitrogens is 2. The summed E-state index contributed by atoms with van der Waals surface area (Å²) in [4.78, 5) is 14.6. The molecule has 2 N–H and O–H groups in total. The second kappa shape index (κ2) is 7.66. The average Bonchev–Trinajstić information content (AvgIpc) is 3.34. The Morgan fingerprint density at radius 3 is 2.71 bits per heavy atom. The number of hydrogen-bond donors (Lipinski definition) is 2. The first-order valence-corrected chi connectivity index (χ1v) is 9.23. The van der Waals surface area contributed by atoms with Gasteiger partial charge in [-0.15, -0.1) is 0 Å². The summed E-state index contributed by atoms with van der Waals surface area (Å²) >= 11 is 0. The number of anilines is 1. The van der Waals surface area contributed by atoms with Crippen LogP contribution in [0.4, 0.5) is 5.82 Å². The molecule has 2 fully saturated rings. The highest BCUT2D eigenvalue weighted by molar-refractivity contribution is 5.91. The fraction of sp³-hybridized carbons (Fsp3) is 0.778. The first-order chi connectivity index (χ1) is 11.6. The van der Waals surface area contributed by atoms with Gasteiger partial charge in [-0.3, -0.25) is 9.69 Å². The Bertz CT molecular complexity index is 547. The van der Waals surface area contributed by atoms with Gasteiger partial charge in [0.25, 0.3) is 0 Å². The molecule has 1 amide bonds. The van der Waals surface area contributed by atoms with Crippen LogP contribution in [0.3, 0.4) is 0 Å². The summed E-state index contributed by atoms with van der Waals surface area (Å²) in [6, 6.07) is 2.67. The van der Waals surface area contributed by atoms with E-state index >= 15 is 0 Å². The van der Waals surface area contributed by atoms with Gasteiger partial charge in [-0.25, -0.2) is 4.68 Å². The smallest absolute Gasteiger partial charge is 0.239 e. The Hall–Kier alpha value is -1.40. The molecule has 3 rings (SSSR count). The molecule has 1 unspecified atom stereocenters. The van der Waals surface area contributed by atoms with Crippen molar-refractivity contribution in [3.8, 4) is 0 Å². The molecule has 24 heavy (non-hydrogen) atoms. The van der Waals surface area contributed by atoms with E-state index in [4.69, 9.17) is 0 Å². The molecule has 2 saturated carbocycles. The van der Waals surface area contributed by atoms with Gasteiger partial charge in [0.2, 0.25) is 5.91 Å². The number of nitrogens with zero attached hydrogens (tertiary/aromatic N) is 3. The van der Waals surface area contributed by atoms with E-state index in [-0.39, 0.29) is 5.91 Å². The third-order valence-corrected chi connectivity index (χ3v) is 5.72. The number of nitrogens with one attached hydrogen (secondary N) is 1. The molecule has 1 aromatic rings. The Kier molecular flexibility index (Phi) is 5.56. The molecule has 2 aliphatic rings. The van der Waals surface area contributed by atoms with Crippen LogP contribution in [-0.2, 0) is 4.79 Å². The summed E-state index contributed by atoms with van der Waals surface area (Å²) in [6.45, 7) is 2.86. The fourth-order valence-corrected chi connectivity index (χ4v) is 3.82. The minimum absolute atomic E-state index is 0.0199. The number of carbonyl (C=O) groups is 1. The normalized spacial score (nSPS) is 25.7. The SMILES string of the molecule is CC(C1CC1)n1nccc1NC(=O)CN(C)C1CCC(CO)CC1. The van der Waals surface area contributed by atoms with Crippen molar-refractivity contribution in [2.45, 2.75) is 57.5 Å². The van der Waals surface area contributed by atoms with Crippen LogP contribution in [0.25, 0.3) is 0 Å². The molecule has 0 saturated heterocycles. The van der Waals surface area contributed by atoms with Crippen molar-refractivity contribution >= 4 is 11.7 Å². The first-order valence-electron chi connectivity index (χ1n) is 9.23. The van der Waals surface area contributed by atoms with Crippen LogP contribution >= 0.6 is 0 Å². The van der Waals surface area contributed by atoms with Gasteiger partial charge in [-0.05, 0) is 64.3 Å². The predicted octanol–water partition coefficient (Wildman–Crippen LogP) is 2.28. The number of amides is 1. The maximum atomic E-state index is 12.4. The van der Waals surface area contributed by atoms with E-state index in [0.717, 1.165) is 31.5 Å². The number of aliphatic hydroxyl groups excluding tert-OH is 1. The topological polar surface area (TPSA) is 70.4 Å². The van der Waals surface area contributed by atoms with Crippen LogP contribution in [0.5, 0.6) is 0 Å². The number of rotatable bonds is 7. The third kappa shape index (κ3) is 4.16. The van der Waals surface area contributed by atoms with E-state index in [1.165, 1.54) is 12.8 Å². The van der Waals surface area contributed by atoms with Crippen LogP contribution in [0.1, 0.15) is 51.5 Å². The zero-order valence-corrected chi connectivity index (χ0v) is 14.8. The van der Waals surface area contributed by atoms with Crippen molar-refractivity contribution in [3.05, 3.63) is 12.3 Å². The standard InChI is InChI=1S/C18H30N4O2/c1-13(15-5-6-15)22-17(9-10-19-22)20-18(24)11-21(2)16-7-3-14(12-23)4-8-16/h9-10,13-16,23H,3-8,11-12H2,1-2H3,(H,20,24). The molecule has 134 valence electrons. The first kappa shape index (κ1) is 17.4. The quantitative estimate of drug-likeness (QED) is 0.802. The number of hydrogen-bond acceptors (Lipinski definition) is 4. The van der Waals surface area contributed by atoms with Gasteiger partial charge >= 0.3 is 0 Å². The molecule has 1 heterocycles. The van der Waals surface area contributed by atoms with E-state index in [1.807, 2.05) is 17.8 Å². The van der Waals surface area contributed by atoms with Crippen molar-refractivity contribution in [2.24, 2.45) is 11.8 Å².